The molecule has 22 heavy (non-hydrogen) atoms. The van der Waals surface area contributed by atoms with Crippen LogP contribution in [0.15, 0.2) is 70.5 Å². The first-order chi connectivity index (χ1) is 10.9. The van der Waals surface area contributed by atoms with E-state index in [1.54, 1.807) is 0 Å². The van der Waals surface area contributed by atoms with Crippen molar-refractivity contribution in [1.82, 2.24) is 0 Å². The first-order valence-electron chi connectivity index (χ1n) is 8.37. The van der Waals surface area contributed by atoms with Gasteiger partial charge in [0.15, 0.2) is 0 Å². The minimum Gasteiger partial charge on any atom is -0.0945 e. The fourth-order valence-corrected chi connectivity index (χ4v) is 3.47. The van der Waals surface area contributed by atoms with E-state index in [1.807, 2.05) is 11.8 Å². The molecule has 0 saturated carbocycles. The molecular formula is C21H26S. The van der Waals surface area contributed by atoms with Gasteiger partial charge in [0.1, 0.15) is 0 Å². The summed E-state index contributed by atoms with van der Waals surface area (Å²) in [6.07, 6.45) is 10.2. The van der Waals surface area contributed by atoms with Gasteiger partial charge in [0.2, 0.25) is 0 Å². The second-order valence-electron chi connectivity index (χ2n) is 5.60. The first kappa shape index (κ1) is 16.9. The minimum atomic E-state index is 1.18. The van der Waals surface area contributed by atoms with E-state index in [-0.39, 0.29) is 0 Å². The van der Waals surface area contributed by atoms with Gasteiger partial charge in [0.25, 0.3) is 0 Å². The molecule has 0 fully saturated rings. The Balaban J connectivity index is 1.99. The van der Waals surface area contributed by atoms with Crippen molar-refractivity contribution in [3.63, 3.8) is 0 Å². The Labute approximate surface area is 139 Å². The predicted molar refractivity (Wildman–Crippen MR) is 100 cm³/mol. The molecule has 0 nitrogen and oxygen atoms in total. The number of allylic oxidation sites excluding steroid dienone is 1. The van der Waals surface area contributed by atoms with Crippen LogP contribution in [-0.2, 0) is 0 Å². The Morgan fingerprint density at radius 3 is 2.14 bits per heavy atom. The van der Waals surface area contributed by atoms with E-state index in [2.05, 4.69) is 73.7 Å². The average molecular weight is 311 g/mol. The number of unbranched alkanes of at least 4 members (excludes halogenated alkanes) is 4. The SMILES string of the molecule is CCCCCCC/C(=C/c1ccccc1)Sc1ccccc1. The zero-order chi connectivity index (χ0) is 15.5. The van der Waals surface area contributed by atoms with Crippen molar-refractivity contribution in [2.75, 3.05) is 0 Å². The molecule has 0 aliphatic rings. The smallest absolute Gasteiger partial charge is 0.0119 e. The lowest BCUT2D eigenvalue weighted by Gasteiger charge is -2.08. The van der Waals surface area contributed by atoms with Crippen molar-refractivity contribution in [2.45, 2.75) is 50.3 Å². The van der Waals surface area contributed by atoms with Gasteiger partial charge in [-0.05, 0) is 41.5 Å². The molecule has 0 saturated heterocycles. The summed E-state index contributed by atoms with van der Waals surface area (Å²) >= 11 is 1.91. The second-order valence-corrected chi connectivity index (χ2v) is 6.80. The summed E-state index contributed by atoms with van der Waals surface area (Å²) in [5.41, 5.74) is 1.30. The lowest BCUT2D eigenvalue weighted by atomic mass is 10.1. The van der Waals surface area contributed by atoms with Crippen LogP contribution in [0.5, 0.6) is 0 Å². The minimum absolute atomic E-state index is 1.18. The molecule has 0 heterocycles. The van der Waals surface area contributed by atoms with Gasteiger partial charge < -0.3 is 0 Å². The molecule has 0 bridgehead atoms. The Morgan fingerprint density at radius 2 is 1.45 bits per heavy atom. The van der Waals surface area contributed by atoms with Crippen molar-refractivity contribution in [3.05, 3.63) is 71.1 Å². The highest BCUT2D eigenvalue weighted by molar-refractivity contribution is 8.03. The molecule has 0 aliphatic carbocycles. The molecule has 0 aliphatic heterocycles. The largest absolute Gasteiger partial charge is 0.0945 e. The van der Waals surface area contributed by atoms with Gasteiger partial charge in [-0.1, -0.05) is 92.9 Å². The molecule has 0 radical (unpaired) electrons. The standard InChI is InChI=1S/C21H26S/c1-2-3-4-5-10-17-21(18-19-13-8-6-9-14-19)22-20-15-11-7-12-16-20/h6-9,11-16,18H,2-5,10,17H2,1H3/b21-18-. The van der Waals surface area contributed by atoms with Crippen LogP contribution in [0.25, 0.3) is 6.08 Å². The van der Waals surface area contributed by atoms with Gasteiger partial charge in [-0.25, -0.2) is 0 Å². The summed E-state index contributed by atoms with van der Waals surface area (Å²) in [6, 6.07) is 21.4. The van der Waals surface area contributed by atoms with Crippen LogP contribution in [0.2, 0.25) is 0 Å². The van der Waals surface area contributed by atoms with Crippen molar-refractivity contribution < 1.29 is 0 Å². The van der Waals surface area contributed by atoms with E-state index in [4.69, 9.17) is 0 Å². The molecule has 0 unspecified atom stereocenters. The van der Waals surface area contributed by atoms with Crippen LogP contribution in [-0.4, -0.2) is 0 Å². The molecule has 0 N–H and O–H groups in total. The maximum atomic E-state index is 2.34. The normalized spacial score (nSPS) is 11.6. The summed E-state index contributed by atoms with van der Waals surface area (Å²) in [4.78, 5) is 2.80. The summed E-state index contributed by atoms with van der Waals surface area (Å²) in [7, 11) is 0. The number of thioether (sulfide) groups is 1. The third kappa shape index (κ3) is 6.53. The summed E-state index contributed by atoms with van der Waals surface area (Å²) in [5, 5.41) is 0. The molecule has 0 amide bonds. The highest BCUT2D eigenvalue weighted by atomic mass is 32.2. The molecular weight excluding hydrogens is 284 g/mol. The topological polar surface area (TPSA) is 0 Å². The Hall–Kier alpha value is -1.47. The number of hydrogen-bond acceptors (Lipinski definition) is 1. The zero-order valence-corrected chi connectivity index (χ0v) is 14.3. The molecule has 1 heteroatoms. The van der Waals surface area contributed by atoms with Gasteiger partial charge in [-0.15, -0.1) is 0 Å². The summed E-state index contributed by atoms with van der Waals surface area (Å²) < 4.78 is 0. The van der Waals surface area contributed by atoms with E-state index in [9.17, 15) is 0 Å². The highest BCUT2D eigenvalue weighted by Crippen LogP contribution is 2.31. The van der Waals surface area contributed by atoms with Crippen LogP contribution in [0.1, 0.15) is 51.0 Å². The highest BCUT2D eigenvalue weighted by Gasteiger charge is 2.02. The zero-order valence-electron chi connectivity index (χ0n) is 13.5. The van der Waals surface area contributed by atoms with Crippen LogP contribution >= 0.6 is 11.8 Å². The summed E-state index contributed by atoms with van der Waals surface area (Å²) in [5.74, 6) is 0. The van der Waals surface area contributed by atoms with E-state index in [0.29, 0.717) is 0 Å². The van der Waals surface area contributed by atoms with Gasteiger partial charge in [-0.2, -0.15) is 0 Å². The third-order valence-electron chi connectivity index (χ3n) is 3.65. The Morgan fingerprint density at radius 1 is 0.818 bits per heavy atom. The van der Waals surface area contributed by atoms with Crippen LogP contribution in [0.3, 0.4) is 0 Å². The second kappa shape index (κ2) is 10.3. The van der Waals surface area contributed by atoms with Crippen LogP contribution < -0.4 is 0 Å². The quantitative estimate of drug-likeness (QED) is 0.349. The van der Waals surface area contributed by atoms with Gasteiger partial charge in [0.05, 0.1) is 0 Å². The average Bonchev–Trinajstić information content (AvgIpc) is 2.56. The molecule has 2 aromatic carbocycles. The van der Waals surface area contributed by atoms with E-state index in [0.717, 1.165) is 0 Å². The number of hydrogen-bond donors (Lipinski definition) is 0. The maximum absolute atomic E-state index is 2.34. The molecule has 2 aromatic rings. The predicted octanol–water partition coefficient (Wildman–Crippen LogP) is 7.18. The van der Waals surface area contributed by atoms with Crippen molar-refractivity contribution in [3.8, 4) is 0 Å². The third-order valence-corrected chi connectivity index (χ3v) is 4.74. The number of benzene rings is 2. The van der Waals surface area contributed by atoms with Crippen molar-refractivity contribution in [1.29, 1.82) is 0 Å². The Bertz CT molecular complexity index is 543. The maximum Gasteiger partial charge on any atom is 0.0119 e. The van der Waals surface area contributed by atoms with Crippen LogP contribution in [0, 0.1) is 0 Å². The lowest BCUT2D eigenvalue weighted by molar-refractivity contribution is 0.636. The van der Waals surface area contributed by atoms with Crippen molar-refractivity contribution >= 4 is 17.8 Å². The molecule has 0 atom stereocenters. The van der Waals surface area contributed by atoms with E-state index < -0.39 is 0 Å². The van der Waals surface area contributed by atoms with Crippen LogP contribution in [0.4, 0.5) is 0 Å². The van der Waals surface area contributed by atoms with Gasteiger partial charge >= 0.3 is 0 Å². The van der Waals surface area contributed by atoms with E-state index >= 15 is 0 Å². The van der Waals surface area contributed by atoms with Crippen molar-refractivity contribution in [2.24, 2.45) is 0 Å². The summed E-state index contributed by atoms with van der Waals surface area (Å²) in [6.45, 7) is 2.27. The molecule has 116 valence electrons. The molecule has 0 aromatic heterocycles. The first-order valence-corrected chi connectivity index (χ1v) is 9.18. The van der Waals surface area contributed by atoms with E-state index in [1.165, 1.54) is 53.9 Å². The molecule has 0 spiro atoms. The fraction of sp³-hybridized carbons (Fsp3) is 0.333. The monoisotopic (exact) mass is 310 g/mol. The number of rotatable bonds is 9. The van der Waals surface area contributed by atoms with Gasteiger partial charge in [-0.3, -0.25) is 0 Å². The Kier molecular flexibility index (Phi) is 7.90. The fourth-order valence-electron chi connectivity index (χ4n) is 2.43. The molecule has 2 rings (SSSR count). The van der Waals surface area contributed by atoms with Gasteiger partial charge in [0, 0.05) is 4.90 Å². The lowest BCUT2D eigenvalue weighted by Crippen LogP contribution is -1.83.